The van der Waals surface area contributed by atoms with Gasteiger partial charge in [-0.2, -0.15) is 0 Å². The van der Waals surface area contributed by atoms with Gasteiger partial charge in [0, 0.05) is 23.6 Å². The third-order valence-electron chi connectivity index (χ3n) is 3.52. The van der Waals surface area contributed by atoms with Crippen LogP contribution in [0.2, 0.25) is 0 Å². The van der Waals surface area contributed by atoms with E-state index in [0.717, 1.165) is 25.3 Å². The number of methoxy groups -OCH3 is 1. The molecule has 0 heterocycles. The molecule has 1 aromatic carbocycles. The Hall–Kier alpha value is -1.16. The largest absolute Gasteiger partial charge is 0.496 e. The molecule has 1 fully saturated rings. The second kappa shape index (κ2) is 4.01. The summed E-state index contributed by atoms with van der Waals surface area (Å²) in [6.07, 6.45) is 2.88. The Morgan fingerprint density at radius 1 is 1.31 bits per heavy atom. The number of ether oxygens (including phenoxy) is 1. The third-order valence-corrected chi connectivity index (χ3v) is 3.52. The standard InChI is InChI=1S/C12H15F2NO/c1-16-11-6-10(14)9(13)5-8(11)12(7-15)3-2-4-12/h5-6H,2-4,7,15H2,1H3. The third kappa shape index (κ3) is 1.57. The van der Waals surface area contributed by atoms with Gasteiger partial charge in [0.25, 0.3) is 0 Å². The molecule has 1 aliphatic rings. The molecule has 0 radical (unpaired) electrons. The van der Waals surface area contributed by atoms with E-state index in [4.69, 9.17) is 10.5 Å². The van der Waals surface area contributed by atoms with Crippen LogP contribution in [-0.2, 0) is 5.41 Å². The minimum absolute atomic E-state index is 0.222. The van der Waals surface area contributed by atoms with Crippen LogP contribution in [0.15, 0.2) is 12.1 Å². The lowest BCUT2D eigenvalue weighted by Crippen LogP contribution is -2.41. The average molecular weight is 227 g/mol. The summed E-state index contributed by atoms with van der Waals surface area (Å²) in [6, 6.07) is 2.32. The molecule has 0 saturated heterocycles. The maximum atomic E-state index is 13.3. The molecule has 1 saturated carbocycles. The van der Waals surface area contributed by atoms with Crippen LogP contribution in [0.4, 0.5) is 8.78 Å². The Kier molecular flexibility index (Phi) is 2.84. The van der Waals surface area contributed by atoms with Gasteiger partial charge in [-0.15, -0.1) is 0 Å². The fraction of sp³-hybridized carbons (Fsp3) is 0.500. The van der Waals surface area contributed by atoms with Gasteiger partial charge in [-0.3, -0.25) is 0 Å². The molecule has 1 aliphatic carbocycles. The van der Waals surface area contributed by atoms with Gasteiger partial charge in [-0.05, 0) is 18.9 Å². The van der Waals surface area contributed by atoms with Crippen molar-refractivity contribution < 1.29 is 13.5 Å². The van der Waals surface area contributed by atoms with E-state index in [1.807, 2.05) is 0 Å². The van der Waals surface area contributed by atoms with Crippen LogP contribution in [-0.4, -0.2) is 13.7 Å². The predicted octanol–water partition coefficient (Wildman–Crippen LogP) is 2.35. The molecule has 0 bridgehead atoms. The summed E-state index contributed by atoms with van der Waals surface area (Å²) in [7, 11) is 1.46. The van der Waals surface area contributed by atoms with E-state index < -0.39 is 11.6 Å². The Balaban J connectivity index is 2.50. The van der Waals surface area contributed by atoms with Crippen molar-refractivity contribution in [1.29, 1.82) is 0 Å². The lowest BCUT2D eigenvalue weighted by Gasteiger charge is -2.42. The summed E-state index contributed by atoms with van der Waals surface area (Å²) in [5, 5.41) is 0. The molecule has 0 amide bonds. The van der Waals surface area contributed by atoms with Crippen molar-refractivity contribution in [2.24, 2.45) is 5.73 Å². The minimum atomic E-state index is -0.882. The number of rotatable bonds is 3. The number of benzene rings is 1. The van der Waals surface area contributed by atoms with Crippen LogP contribution in [0.3, 0.4) is 0 Å². The zero-order chi connectivity index (χ0) is 11.8. The molecule has 0 spiro atoms. The molecule has 0 aromatic heterocycles. The lowest BCUT2D eigenvalue weighted by atomic mass is 9.64. The SMILES string of the molecule is COc1cc(F)c(F)cc1C1(CN)CCC1. The maximum absolute atomic E-state index is 13.3. The van der Waals surface area contributed by atoms with E-state index in [9.17, 15) is 8.78 Å². The number of hydrogen-bond donors (Lipinski definition) is 1. The fourth-order valence-electron chi connectivity index (χ4n) is 2.30. The smallest absolute Gasteiger partial charge is 0.162 e. The quantitative estimate of drug-likeness (QED) is 0.860. The van der Waals surface area contributed by atoms with E-state index in [-0.39, 0.29) is 5.41 Å². The molecular weight excluding hydrogens is 212 g/mol. The molecule has 2 rings (SSSR count). The minimum Gasteiger partial charge on any atom is -0.496 e. The summed E-state index contributed by atoms with van der Waals surface area (Å²) in [6.45, 7) is 0.439. The van der Waals surface area contributed by atoms with E-state index in [1.165, 1.54) is 13.2 Å². The molecule has 0 unspecified atom stereocenters. The molecular formula is C12H15F2NO. The average Bonchev–Trinajstić information content (AvgIpc) is 2.22. The monoisotopic (exact) mass is 227 g/mol. The van der Waals surface area contributed by atoms with Crippen LogP contribution in [0, 0.1) is 11.6 Å². The number of hydrogen-bond acceptors (Lipinski definition) is 2. The molecule has 0 aliphatic heterocycles. The van der Waals surface area contributed by atoms with Gasteiger partial charge in [0.05, 0.1) is 7.11 Å². The number of halogens is 2. The molecule has 1 aromatic rings. The van der Waals surface area contributed by atoms with Crippen molar-refractivity contribution >= 4 is 0 Å². The van der Waals surface area contributed by atoms with Crippen molar-refractivity contribution in [3.63, 3.8) is 0 Å². The van der Waals surface area contributed by atoms with E-state index in [2.05, 4.69) is 0 Å². The summed E-state index contributed by atoms with van der Waals surface area (Å²) in [5.74, 6) is -1.33. The molecule has 88 valence electrons. The van der Waals surface area contributed by atoms with Gasteiger partial charge < -0.3 is 10.5 Å². The first-order valence-electron chi connectivity index (χ1n) is 5.36. The van der Waals surface area contributed by atoms with E-state index >= 15 is 0 Å². The highest BCUT2D eigenvalue weighted by atomic mass is 19.2. The van der Waals surface area contributed by atoms with E-state index in [1.54, 1.807) is 0 Å². The van der Waals surface area contributed by atoms with Crippen LogP contribution < -0.4 is 10.5 Å². The summed E-state index contributed by atoms with van der Waals surface area (Å²) < 4.78 is 31.4. The second-order valence-corrected chi connectivity index (χ2v) is 4.30. The van der Waals surface area contributed by atoms with Gasteiger partial charge in [0.1, 0.15) is 5.75 Å². The molecule has 2 nitrogen and oxygen atoms in total. The highest BCUT2D eigenvalue weighted by Crippen LogP contribution is 2.46. The maximum Gasteiger partial charge on any atom is 0.162 e. The molecule has 4 heteroatoms. The van der Waals surface area contributed by atoms with Crippen molar-refractivity contribution in [2.45, 2.75) is 24.7 Å². The van der Waals surface area contributed by atoms with Gasteiger partial charge in [0.2, 0.25) is 0 Å². The first kappa shape index (κ1) is 11.3. The first-order chi connectivity index (χ1) is 7.63. The summed E-state index contributed by atoms with van der Waals surface area (Å²) in [5.41, 5.74) is 6.22. The molecule has 0 atom stereocenters. The van der Waals surface area contributed by atoms with Crippen molar-refractivity contribution in [3.05, 3.63) is 29.3 Å². The van der Waals surface area contributed by atoms with Crippen LogP contribution in [0.5, 0.6) is 5.75 Å². The Morgan fingerprint density at radius 3 is 2.38 bits per heavy atom. The lowest BCUT2D eigenvalue weighted by molar-refractivity contribution is 0.241. The van der Waals surface area contributed by atoms with Crippen LogP contribution >= 0.6 is 0 Å². The van der Waals surface area contributed by atoms with Gasteiger partial charge >= 0.3 is 0 Å². The van der Waals surface area contributed by atoms with E-state index in [0.29, 0.717) is 17.9 Å². The van der Waals surface area contributed by atoms with Gasteiger partial charge in [0.15, 0.2) is 11.6 Å². The highest BCUT2D eigenvalue weighted by molar-refractivity contribution is 5.42. The van der Waals surface area contributed by atoms with Crippen LogP contribution in [0.1, 0.15) is 24.8 Å². The normalized spacial score (nSPS) is 18.0. The number of nitrogens with two attached hydrogens (primary N) is 1. The zero-order valence-corrected chi connectivity index (χ0v) is 9.22. The molecule has 2 N–H and O–H groups in total. The second-order valence-electron chi connectivity index (χ2n) is 4.30. The Labute approximate surface area is 93.4 Å². The fourth-order valence-corrected chi connectivity index (χ4v) is 2.30. The van der Waals surface area contributed by atoms with Gasteiger partial charge in [-0.1, -0.05) is 6.42 Å². The topological polar surface area (TPSA) is 35.2 Å². The Morgan fingerprint density at radius 2 is 1.94 bits per heavy atom. The van der Waals surface area contributed by atoms with Crippen molar-refractivity contribution in [2.75, 3.05) is 13.7 Å². The summed E-state index contributed by atoms with van der Waals surface area (Å²) in [4.78, 5) is 0. The van der Waals surface area contributed by atoms with Gasteiger partial charge in [-0.25, -0.2) is 8.78 Å². The van der Waals surface area contributed by atoms with Crippen molar-refractivity contribution in [3.8, 4) is 5.75 Å². The Bertz CT molecular complexity index is 397. The van der Waals surface area contributed by atoms with Crippen LogP contribution in [0.25, 0.3) is 0 Å². The first-order valence-corrected chi connectivity index (χ1v) is 5.36. The molecule has 16 heavy (non-hydrogen) atoms. The zero-order valence-electron chi connectivity index (χ0n) is 9.22. The summed E-state index contributed by atoms with van der Waals surface area (Å²) >= 11 is 0. The van der Waals surface area contributed by atoms with Crippen molar-refractivity contribution in [1.82, 2.24) is 0 Å². The highest BCUT2D eigenvalue weighted by Gasteiger charge is 2.40. The predicted molar refractivity (Wildman–Crippen MR) is 57.5 cm³/mol.